The van der Waals surface area contributed by atoms with Crippen molar-refractivity contribution in [3.8, 4) is 11.5 Å². The maximum atomic E-state index is 13.4. The summed E-state index contributed by atoms with van der Waals surface area (Å²) < 4.78 is 46.7. The molecule has 1 amide bonds. The molecule has 4 aromatic heterocycles. The van der Waals surface area contributed by atoms with Gasteiger partial charge in [0, 0.05) is 62.9 Å². The van der Waals surface area contributed by atoms with Crippen LogP contribution in [-0.2, 0) is 15.7 Å². The number of imidazole rings is 1. The lowest BCUT2D eigenvalue weighted by atomic mass is 9.96. The molecule has 6 rings (SSSR count). The number of carbonyl (C=O) groups excluding carboxylic acids is 1. The molecule has 0 spiro atoms. The predicted octanol–water partition coefficient (Wildman–Crippen LogP) is 3.35. The van der Waals surface area contributed by atoms with Crippen molar-refractivity contribution in [2.45, 2.75) is 25.1 Å². The van der Waals surface area contributed by atoms with E-state index >= 15 is 0 Å². The van der Waals surface area contributed by atoms with Gasteiger partial charge in [-0.05, 0) is 31.0 Å². The molecule has 4 aromatic rings. The van der Waals surface area contributed by atoms with Crippen LogP contribution in [0, 0.1) is 5.92 Å². The highest BCUT2D eigenvalue weighted by atomic mass is 19.4. The molecule has 0 aliphatic carbocycles. The van der Waals surface area contributed by atoms with Gasteiger partial charge in [0.15, 0.2) is 5.82 Å². The molecule has 2 fully saturated rings. The number of hydrogen-bond donors (Lipinski definition) is 1. The van der Waals surface area contributed by atoms with Crippen LogP contribution < -0.4 is 4.90 Å². The molecule has 0 bridgehead atoms. The Bertz CT molecular complexity index is 1430. The van der Waals surface area contributed by atoms with E-state index in [1.165, 1.54) is 16.7 Å². The number of piperazine rings is 1. The maximum Gasteiger partial charge on any atom is 0.417 e. The van der Waals surface area contributed by atoms with Crippen molar-refractivity contribution in [3.05, 3.63) is 60.3 Å². The number of carbonyl (C=O) groups is 1. The van der Waals surface area contributed by atoms with E-state index in [9.17, 15) is 18.0 Å². The number of nitrogens with zero attached hydrogens (tertiary/aromatic N) is 7. The fourth-order valence-corrected chi connectivity index (χ4v) is 5.12. The number of alkyl halides is 3. The lowest BCUT2D eigenvalue weighted by molar-refractivity contribution is -0.141. The zero-order chi connectivity index (χ0) is 26.3. The Balaban J connectivity index is 1.29. The summed E-state index contributed by atoms with van der Waals surface area (Å²) in [5.41, 5.74) is 0.828. The molecular formula is C25H25F3N8O2. The smallest absolute Gasteiger partial charge is 0.381 e. The molecule has 0 radical (unpaired) electrons. The van der Waals surface area contributed by atoms with Gasteiger partial charge in [-0.15, -0.1) is 0 Å². The highest BCUT2D eigenvalue weighted by Crippen LogP contribution is 2.32. The van der Waals surface area contributed by atoms with Crippen molar-refractivity contribution >= 4 is 17.4 Å². The number of amides is 1. The quantitative estimate of drug-likeness (QED) is 0.435. The third-order valence-electron chi connectivity index (χ3n) is 7.17. The number of ether oxygens (including phenoxy) is 1. The highest BCUT2D eigenvalue weighted by molar-refractivity contribution is 5.80. The monoisotopic (exact) mass is 526 g/mol. The first-order valence-corrected chi connectivity index (χ1v) is 12.4. The van der Waals surface area contributed by atoms with E-state index < -0.39 is 11.7 Å². The number of aromatic nitrogens is 6. The number of nitrogens with one attached hydrogen (secondary N) is 1. The first-order chi connectivity index (χ1) is 18.4. The van der Waals surface area contributed by atoms with Crippen LogP contribution in [0.1, 0.15) is 30.0 Å². The summed E-state index contributed by atoms with van der Waals surface area (Å²) >= 11 is 0. The molecule has 1 unspecified atom stereocenters. The van der Waals surface area contributed by atoms with Gasteiger partial charge in [0.1, 0.15) is 17.2 Å². The molecule has 2 saturated heterocycles. The first kappa shape index (κ1) is 24.3. The molecule has 13 heteroatoms. The van der Waals surface area contributed by atoms with E-state index in [2.05, 4.69) is 30.0 Å². The summed E-state index contributed by atoms with van der Waals surface area (Å²) in [4.78, 5) is 30.6. The molecule has 2 aliphatic rings. The van der Waals surface area contributed by atoms with Crippen LogP contribution in [0.25, 0.3) is 17.2 Å². The molecule has 0 saturated carbocycles. The average molecular weight is 527 g/mol. The molecule has 1 atom stereocenters. The number of aromatic amines is 1. The summed E-state index contributed by atoms with van der Waals surface area (Å²) in [5, 5.41) is 6.92. The highest BCUT2D eigenvalue weighted by Gasteiger charge is 2.36. The van der Waals surface area contributed by atoms with Gasteiger partial charge in [-0.1, -0.05) is 0 Å². The lowest BCUT2D eigenvalue weighted by Crippen LogP contribution is -2.52. The van der Waals surface area contributed by atoms with Crippen LogP contribution in [0.2, 0.25) is 0 Å². The van der Waals surface area contributed by atoms with Crippen LogP contribution in [-0.4, -0.2) is 73.2 Å². The number of halogens is 3. The third-order valence-corrected chi connectivity index (χ3v) is 7.17. The second-order valence-corrected chi connectivity index (χ2v) is 9.44. The van der Waals surface area contributed by atoms with E-state index in [0.717, 1.165) is 17.8 Å². The Morgan fingerprint density at radius 3 is 2.68 bits per heavy atom. The minimum absolute atomic E-state index is 0.0629. The van der Waals surface area contributed by atoms with E-state index in [1.807, 2.05) is 4.90 Å². The standard InChI is InChI=1S/C25H25F3N8O2/c26-25(27,28)18-1-2-21-30-13-19(36(21)14-18)23-29-6-3-22(33-23)34-7-8-35(20(15-34)17-11-31-32-12-17)24(37)16-4-9-38-10-5-16/h1-3,6,11-14,16,20H,4-5,7-10,15H2,(H,31,32). The Kier molecular flexibility index (Phi) is 6.22. The number of H-pyrrole nitrogens is 1. The van der Waals surface area contributed by atoms with Crippen molar-refractivity contribution < 1.29 is 22.7 Å². The fourth-order valence-electron chi connectivity index (χ4n) is 5.12. The van der Waals surface area contributed by atoms with Gasteiger partial charge in [-0.2, -0.15) is 18.3 Å². The van der Waals surface area contributed by atoms with Gasteiger partial charge in [0.2, 0.25) is 5.91 Å². The van der Waals surface area contributed by atoms with Crippen molar-refractivity contribution in [1.29, 1.82) is 0 Å². The number of hydrogen-bond acceptors (Lipinski definition) is 7. The van der Waals surface area contributed by atoms with Crippen molar-refractivity contribution in [3.63, 3.8) is 0 Å². The van der Waals surface area contributed by atoms with E-state index in [-0.39, 0.29) is 23.7 Å². The normalized spacial score (nSPS) is 19.3. The fraction of sp³-hybridized carbons (Fsp3) is 0.400. The van der Waals surface area contributed by atoms with Gasteiger partial charge < -0.3 is 14.5 Å². The SMILES string of the molecule is O=C(C1CCOCC1)N1CCN(c2ccnc(-c3cnc4ccc(C(F)(F)F)cn34)n2)CC1c1cn[nH]c1. The van der Waals surface area contributed by atoms with Crippen LogP contribution in [0.4, 0.5) is 19.0 Å². The molecule has 0 aromatic carbocycles. The minimum atomic E-state index is -4.48. The van der Waals surface area contributed by atoms with Crippen molar-refractivity contribution in [1.82, 2.24) is 34.4 Å². The van der Waals surface area contributed by atoms with Gasteiger partial charge in [-0.3, -0.25) is 14.3 Å². The zero-order valence-electron chi connectivity index (χ0n) is 20.3. The molecule has 2 aliphatic heterocycles. The average Bonchev–Trinajstić information content (AvgIpc) is 3.63. The molecule has 10 nitrogen and oxygen atoms in total. The zero-order valence-corrected chi connectivity index (χ0v) is 20.3. The van der Waals surface area contributed by atoms with Gasteiger partial charge in [0.05, 0.1) is 24.0 Å². The second kappa shape index (κ2) is 9.71. The van der Waals surface area contributed by atoms with Gasteiger partial charge in [0.25, 0.3) is 0 Å². The third kappa shape index (κ3) is 4.57. The predicted molar refractivity (Wildman–Crippen MR) is 130 cm³/mol. The summed E-state index contributed by atoms with van der Waals surface area (Å²) in [7, 11) is 0. The van der Waals surface area contributed by atoms with E-state index in [0.29, 0.717) is 62.8 Å². The Hall–Kier alpha value is -4.00. The van der Waals surface area contributed by atoms with Gasteiger partial charge in [-0.25, -0.2) is 15.0 Å². The molecule has 1 N–H and O–H groups in total. The summed E-state index contributed by atoms with van der Waals surface area (Å²) in [6, 6.07) is 3.85. The largest absolute Gasteiger partial charge is 0.417 e. The second-order valence-electron chi connectivity index (χ2n) is 9.44. The van der Waals surface area contributed by atoms with Crippen LogP contribution in [0.3, 0.4) is 0 Å². The topological polar surface area (TPSA) is 105 Å². The lowest BCUT2D eigenvalue weighted by Gasteiger charge is -2.43. The van der Waals surface area contributed by atoms with Crippen LogP contribution in [0.15, 0.2) is 49.2 Å². The molecule has 198 valence electrons. The first-order valence-electron chi connectivity index (χ1n) is 12.4. The number of anilines is 1. The van der Waals surface area contributed by atoms with E-state index in [1.54, 1.807) is 24.7 Å². The Labute approximate surface area is 215 Å². The molecular weight excluding hydrogens is 501 g/mol. The summed E-state index contributed by atoms with van der Waals surface area (Å²) in [5.74, 6) is 0.930. The number of pyridine rings is 1. The molecule has 38 heavy (non-hydrogen) atoms. The Morgan fingerprint density at radius 1 is 1.08 bits per heavy atom. The molecule has 6 heterocycles. The number of rotatable bonds is 4. The minimum Gasteiger partial charge on any atom is -0.381 e. The van der Waals surface area contributed by atoms with Gasteiger partial charge >= 0.3 is 6.18 Å². The van der Waals surface area contributed by atoms with Crippen LogP contribution in [0.5, 0.6) is 0 Å². The van der Waals surface area contributed by atoms with E-state index in [4.69, 9.17) is 4.74 Å². The Morgan fingerprint density at radius 2 is 1.92 bits per heavy atom. The maximum absolute atomic E-state index is 13.4. The number of fused-ring (bicyclic) bond motifs is 1. The van der Waals surface area contributed by atoms with Crippen molar-refractivity contribution in [2.75, 3.05) is 37.7 Å². The van der Waals surface area contributed by atoms with Crippen molar-refractivity contribution in [2.24, 2.45) is 5.92 Å². The van der Waals surface area contributed by atoms with Crippen LogP contribution >= 0.6 is 0 Å². The summed E-state index contributed by atoms with van der Waals surface area (Å²) in [6.45, 7) is 2.70. The summed E-state index contributed by atoms with van der Waals surface area (Å²) in [6.07, 6.45) is 4.50.